The SMILES string of the molecule is O=C(O)CC(Nc1nc(Cl)nc2ccccc12)C(=O)O. The number of aliphatic carboxylic acids is 2. The molecule has 0 aliphatic carbocycles. The number of fused-ring (bicyclic) bond motifs is 1. The van der Waals surface area contributed by atoms with Crippen LogP contribution in [0.4, 0.5) is 5.82 Å². The van der Waals surface area contributed by atoms with Crippen molar-refractivity contribution in [3.63, 3.8) is 0 Å². The van der Waals surface area contributed by atoms with Crippen molar-refractivity contribution in [3.8, 4) is 0 Å². The van der Waals surface area contributed by atoms with Crippen LogP contribution >= 0.6 is 11.6 Å². The molecule has 1 atom stereocenters. The van der Waals surface area contributed by atoms with Gasteiger partial charge in [-0.3, -0.25) is 4.79 Å². The highest BCUT2D eigenvalue weighted by molar-refractivity contribution is 6.28. The number of benzene rings is 1. The lowest BCUT2D eigenvalue weighted by atomic mass is 10.2. The monoisotopic (exact) mass is 295 g/mol. The first-order valence-electron chi connectivity index (χ1n) is 5.61. The summed E-state index contributed by atoms with van der Waals surface area (Å²) in [6, 6.07) is 5.57. The number of halogens is 1. The van der Waals surface area contributed by atoms with Crippen LogP contribution in [0, 0.1) is 0 Å². The van der Waals surface area contributed by atoms with Gasteiger partial charge < -0.3 is 15.5 Å². The molecule has 0 aliphatic heterocycles. The maximum Gasteiger partial charge on any atom is 0.326 e. The molecule has 3 N–H and O–H groups in total. The first-order chi connectivity index (χ1) is 9.47. The summed E-state index contributed by atoms with van der Waals surface area (Å²) in [6.45, 7) is 0. The summed E-state index contributed by atoms with van der Waals surface area (Å²) in [5.41, 5.74) is 0.537. The number of rotatable bonds is 5. The lowest BCUT2D eigenvalue weighted by Gasteiger charge is -2.14. The molecule has 7 nitrogen and oxygen atoms in total. The van der Waals surface area contributed by atoms with Gasteiger partial charge in [0.05, 0.1) is 11.9 Å². The molecule has 8 heteroatoms. The lowest BCUT2D eigenvalue weighted by Crippen LogP contribution is -2.32. The normalized spacial score (nSPS) is 12.1. The molecule has 2 aromatic rings. The molecular formula is C12H10ClN3O4. The summed E-state index contributed by atoms with van der Waals surface area (Å²) in [6.07, 6.45) is -0.578. The Hall–Kier alpha value is -2.41. The molecule has 0 bridgehead atoms. The van der Waals surface area contributed by atoms with E-state index in [1.165, 1.54) is 0 Å². The predicted molar refractivity (Wildman–Crippen MR) is 71.8 cm³/mol. The van der Waals surface area contributed by atoms with Crippen molar-refractivity contribution in [2.75, 3.05) is 5.32 Å². The van der Waals surface area contributed by atoms with Gasteiger partial charge in [-0.1, -0.05) is 12.1 Å². The molecule has 1 aromatic carbocycles. The Balaban J connectivity index is 2.41. The van der Waals surface area contributed by atoms with E-state index in [4.69, 9.17) is 21.8 Å². The second kappa shape index (κ2) is 5.70. The van der Waals surface area contributed by atoms with E-state index in [0.29, 0.717) is 10.9 Å². The van der Waals surface area contributed by atoms with E-state index in [0.717, 1.165) is 0 Å². The molecule has 20 heavy (non-hydrogen) atoms. The number of para-hydroxylation sites is 1. The van der Waals surface area contributed by atoms with Crippen molar-refractivity contribution in [2.24, 2.45) is 0 Å². The molecular weight excluding hydrogens is 286 g/mol. The van der Waals surface area contributed by atoms with E-state index in [2.05, 4.69) is 15.3 Å². The minimum absolute atomic E-state index is 0.0503. The van der Waals surface area contributed by atoms with Gasteiger partial charge >= 0.3 is 11.9 Å². The molecule has 104 valence electrons. The molecule has 0 amide bonds. The molecule has 1 heterocycles. The van der Waals surface area contributed by atoms with Gasteiger partial charge in [-0.2, -0.15) is 0 Å². The van der Waals surface area contributed by atoms with Gasteiger partial charge in [-0.05, 0) is 23.7 Å². The van der Waals surface area contributed by atoms with E-state index >= 15 is 0 Å². The van der Waals surface area contributed by atoms with Gasteiger partial charge in [-0.15, -0.1) is 0 Å². The number of carbonyl (C=O) groups is 2. The molecule has 0 spiro atoms. The lowest BCUT2D eigenvalue weighted by molar-refractivity contribution is -0.144. The number of hydrogen-bond donors (Lipinski definition) is 3. The van der Waals surface area contributed by atoms with Crippen LogP contribution in [0.25, 0.3) is 10.9 Å². The molecule has 0 fully saturated rings. The zero-order chi connectivity index (χ0) is 14.7. The third kappa shape index (κ3) is 3.12. The summed E-state index contributed by atoms with van der Waals surface area (Å²) < 4.78 is 0. The standard InChI is InChI=1S/C12H10ClN3O4/c13-12-15-7-4-2-1-3-6(7)10(16-12)14-8(11(19)20)5-9(17)18/h1-4,8H,5H2,(H,17,18)(H,19,20)(H,14,15,16). The van der Waals surface area contributed by atoms with E-state index < -0.39 is 24.4 Å². The van der Waals surface area contributed by atoms with Gasteiger partial charge in [0.2, 0.25) is 5.28 Å². The fraction of sp³-hybridized carbons (Fsp3) is 0.167. The van der Waals surface area contributed by atoms with E-state index in [9.17, 15) is 9.59 Å². The van der Waals surface area contributed by atoms with Crippen molar-refractivity contribution in [2.45, 2.75) is 12.5 Å². The summed E-state index contributed by atoms with van der Waals surface area (Å²) in [7, 11) is 0. The average molecular weight is 296 g/mol. The highest BCUT2D eigenvalue weighted by atomic mass is 35.5. The summed E-state index contributed by atoms with van der Waals surface area (Å²) in [5.74, 6) is -2.32. The Morgan fingerprint density at radius 1 is 1.25 bits per heavy atom. The van der Waals surface area contributed by atoms with Crippen LogP contribution in [0.5, 0.6) is 0 Å². The van der Waals surface area contributed by atoms with Gasteiger partial charge in [0.25, 0.3) is 0 Å². The van der Waals surface area contributed by atoms with Gasteiger partial charge in [-0.25, -0.2) is 14.8 Å². The number of nitrogens with zero attached hydrogens (tertiary/aromatic N) is 2. The molecule has 1 aromatic heterocycles. The first kappa shape index (κ1) is 14.0. The largest absolute Gasteiger partial charge is 0.481 e. The molecule has 2 rings (SSSR count). The number of nitrogens with one attached hydrogen (secondary N) is 1. The van der Waals surface area contributed by atoms with Crippen LogP contribution in [0.3, 0.4) is 0 Å². The average Bonchev–Trinajstić information content (AvgIpc) is 2.37. The van der Waals surface area contributed by atoms with Gasteiger partial charge in [0.15, 0.2) is 0 Å². The summed E-state index contributed by atoms with van der Waals surface area (Å²) in [4.78, 5) is 29.6. The highest BCUT2D eigenvalue weighted by Gasteiger charge is 2.22. The number of aromatic nitrogens is 2. The second-order valence-electron chi connectivity index (χ2n) is 3.99. The summed E-state index contributed by atoms with van der Waals surface area (Å²) in [5, 5.41) is 20.8. The minimum Gasteiger partial charge on any atom is -0.481 e. The highest BCUT2D eigenvalue weighted by Crippen LogP contribution is 2.22. The van der Waals surface area contributed by atoms with Crippen LogP contribution < -0.4 is 5.32 Å². The summed E-state index contributed by atoms with van der Waals surface area (Å²) >= 11 is 5.77. The van der Waals surface area contributed by atoms with Gasteiger partial charge in [0.1, 0.15) is 11.9 Å². The van der Waals surface area contributed by atoms with Crippen molar-refractivity contribution in [3.05, 3.63) is 29.5 Å². The van der Waals surface area contributed by atoms with Crippen molar-refractivity contribution < 1.29 is 19.8 Å². The predicted octanol–water partition coefficient (Wildman–Crippen LogP) is 1.62. The minimum atomic E-state index is -1.30. The molecule has 0 radical (unpaired) electrons. The zero-order valence-electron chi connectivity index (χ0n) is 10.1. The fourth-order valence-electron chi connectivity index (χ4n) is 1.70. The van der Waals surface area contributed by atoms with E-state index in [1.807, 2.05) is 0 Å². The number of carboxylic acids is 2. The van der Waals surface area contributed by atoms with E-state index in [-0.39, 0.29) is 11.1 Å². The quantitative estimate of drug-likeness (QED) is 0.718. The smallest absolute Gasteiger partial charge is 0.326 e. The maximum absolute atomic E-state index is 11.1. The van der Waals surface area contributed by atoms with Crippen LogP contribution in [0.2, 0.25) is 5.28 Å². The first-order valence-corrected chi connectivity index (χ1v) is 5.98. The topological polar surface area (TPSA) is 112 Å². The number of carboxylic acid groups (broad SMARTS) is 2. The van der Waals surface area contributed by atoms with E-state index in [1.54, 1.807) is 24.3 Å². The Bertz CT molecular complexity index is 677. The Kier molecular flexibility index (Phi) is 3.99. The third-order valence-corrected chi connectivity index (χ3v) is 2.73. The second-order valence-corrected chi connectivity index (χ2v) is 4.33. The van der Waals surface area contributed by atoms with Crippen LogP contribution in [-0.4, -0.2) is 38.2 Å². The molecule has 0 aliphatic rings. The Morgan fingerprint density at radius 2 is 1.95 bits per heavy atom. The van der Waals surface area contributed by atoms with Crippen molar-refractivity contribution in [1.82, 2.24) is 9.97 Å². The number of hydrogen-bond acceptors (Lipinski definition) is 5. The fourth-order valence-corrected chi connectivity index (χ4v) is 1.87. The Labute approximate surface area is 118 Å². The van der Waals surface area contributed by atoms with Crippen molar-refractivity contribution >= 4 is 40.3 Å². The van der Waals surface area contributed by atoms with Crippen LogP contribution in [-0.2, 0) is 9.59 Å². The van der Waals surface area contributed by atoms with Crippen molar-refractivity contribution in [1.29, 1.82) is 0 Å². The molecule has 0 saturated carbocycles. The molecule has 1 unspecified atom stereocenters. The van der Waals surface area contributed by atoms with Crippen LogP contribution in [0.15, 0.2) is 24.3 Å². The van der Waals surface area contributed by atoms with Gasteiger partial charge in [0, 0.05) is 5.39 Å². The Morgan fingerprint density at radius 3 is 2.60 bits per heavy atom. The zero-order valence-corrected chi connectivity index (χ0v) is 10.8. The number of anilines is 1. The maximum atomic E-state index is 11.1. The van der Waals surface area contributed by atoms with Crippen LogP contribution in [0.1, 0.15) is 6.42 Å². The molecule has 0 saturated heterocycles. The third-order valence-electron chi connectivity index (χ3n) is 2.56.